The van der Waals surface area contributed by atoms with E-state index in [-0.39, 0.29) is 0 Å². The summed E-state index contributed by atoms with van der Waals surface area (Å²) in [5, 5.41) is 3.05. The Bertz CT molecular complexity index is 442. The number of aromatic nitrogens is 2. The highest BCUT2D eigenvalue weighted by molar-refractivity contribution is 5.22. The number of rotatable bonds is 5. The third kappa shape index (κ3) is 3.83. The van der Waals surface area contributed by atoms with Gasteiger partial charge < -0.3 is 5.32 Å². The van der Waals surface area contributed by atoms with Crippen LogP contribution in [0.3, 0.4) is 0 Å². The maximum absolute atomic E-state index is 12.5. The van der Waals surface area contributed by atoms with E-state index in [9.17, 15) is 4.39 Å². The third-order valence-electron chi connectivity index (χ3n) is 2.39. The van der Waals surface area contributed by atoms with Crippen LogP contribution in [-0.4, -0.2) is 16.5 Å². The zero-order valence-electron chi connectivity index (χ0n) is 9.44. The molecule has 17 heavy (non-hydrogen) atoms. The standard InChI is InChI=1S/C13H14FN3/c14-12-9-16-13(17-10-12)15-8-4-7-11-5-2-1-3-6-11/h1-3,5-6,9-10H,4,7-8H2,(H,15,16,17). The Kier molecular flexibility index (Phi) is 4.02. The first-order chi connectivity index (χ1) is 8.34. The molecule has 0 fully saturated rings. The highest BCUT2D eigenvalue weighted by atomic mass is 19.1. The van der Waals surface area contributed by atoms with Gasteiger partial charge in [0.15, 0.2) is 5.82 Å². The number of hydrogen-bond donors (Lipinski definition) is 1. The second-order valence-corrected chi connectivity index (χ2v) is 3.74. The maximum atomic E-state index is 12.5. The van der Waals surface area contributed by atoms with Gasteiger partial charge in [0.1, 0.15) is 0 Å². The molecule has 0 atom stereocenters. The number of aryl methyl sites for hydroxylation is 1. The summed E-state index contributed by atoms with van der Waals surface area (Å²) in [7, 11) is 0. The quantitative estimate of drug-likeness (QED) is 0.804. The van der Waals surface area contributed by atoms with Gasteiger partial charge in [0, 0.05) is 6.54 Å². The fourth-order valence-corrected chi connectivity index (χ4v) is 1.54. The molecule has 88 valence electrons. The fourth-order valence-electron chi connectivity index (χ4n) is 1.54. The summed E-state index contributed by atoms with van der Waals surface area (Å²) < 4.78 is 12.5. The van der Waals surface area contributed by atoms with Crippen LogP contribution in [0.1, 0.15) is 12.0 Å². The molecule has 0 bridgehead atoms. The molecule has 0 spiro atoms. The van der Waals surface area contributed by atoms with Crippen molar-refractivity contribution in [1.29, 1.82) is 0 Å². The molecule has 3 nitrogen and oxygen atoms in total. The summed E-state index contributed by atoms with van der Waals surface area (Å²) in [6.07, 6.45) is 4.32. The number of anilines is 1. The monoisotopic (exact) mass is 231 g/mol. The van der Waals surface area contributed by atoms with Crippen molar-refractivity contribution < 1.29 is 4.39 Å². The molecular formula is C13H14FN3. The zero-order valence-corrected chi connectivity index (χ0v) is 9.44. The number of hydrogen-bond acceptors (Lipinski definition) is 3. The molecule has 4 heteroatoms. The summed E-state index contributed by atoms with van der Waals surface area (Å²) in [6.45, 7) is 0.778. The van der Waals surface area contributed by atoms with E-state index in [2.05, 4.69) is 27.4 Å². The van der Waals surface area contributed by atoms with Gasteiger partial charge in [-0.15, -0.1) is 0 Å². The van der Waals surface area contributed by atoms with Crippen LogP contribution in [0.2, 0.25) is 0 Å². The van der Waals surface area contributed by atoms with Crippen molar-refractivity contribution in [3.05, 3.63) is 54.1 Å². The molecule has 0 aliphatic carbocycles. The van der Waals surface area contributed by atoms with Gasteiger partial charge in [-0.3, -0.25) is 0 Å². The lowest BCUT2D eigenvalue weighted by Crippen LogP contribution is -2.06. The second kappa shape index (κ2) is 5.94. The molecule has 1 heterocycles. The van der Waals surface area contributed by atoms with E-state index in [0.717, 1.165) is 31.8 Å². The van der Waals surface area contributed by atoms with Crippen LogP contribution in [-0.2, 0) is 6.42 Å². The van der Waals surface area contributed by atoms with Gasteiger partial charge in [-0.1, -0.05) is 30.3 Å². The number of benzene rings is 1. The van der Waals surface area contributed by atoms with Gasteiger partial charge in [0.2, 0.25) is 5.95 Å². The van der Waals surface area contributed by atoms with E-state index >= 15 is 0 Å². The normalized spacial score (nSPS) is 10.2. The van der Waals surface area contributed by atoms with Gasteiger partial charge >= 0.3 is 0 Å². The van der Waals surface area contributed by atoms with E-state index < -0.39 is 5.82 Å². The number of nitrogens with one attached hydrogen (secondary N) is 1. The first kappa shape index (κ1) is 11.5. The Morgan fingerprint density at radius 2 is 1.76 bits per heavy atom. The molecule has 0 amide bonds. The molecule has 0 aliphatic rings. The maximum Gasteiger partial charge on any atom is 0.222 e. The Morgan fingerprint density at radius 1 is 1.06 bits per heavy atom. The minimum absolute atomic E-state index is 0.417. The molecule has 2 aromatic rings. The Balaban J connectivity index is 1.71. The Labute approximate surface area is 99.7 Å². The topological polar surface area (TPSA) is 37.8 Å². The van der Waals surface area contributed by atoms with Crippen molar-refractivity contribution in [1.82, 2.24) is 9.97 Å². The van der Waals surface area contributed by atoms with Gasteiger partial charge in [0.05, 0.1) is 12.4 Å². The van der Waals surface area contributed by atoms with Gasteiger partial charge in [-0.05, 0) is 18.4 Å². The zero-order chi connectivity index (χ0) is 11.9. The third-order valence-corrected chi connectivity index (χ3v) is 2.39. The molecule has 0 aliphatic heterocycles. The van der Waals surface area contributed by atoms with E-state index in [1.807, 2.05) is 18.2 Å². The molecule has 0 unspecified atom stereocenters. The molecule has 2 rings (SSSR count). The molecule has 0 saturated heterocycles. The lowest BCUT2D eigenvalue weighted by Gasteiger charge is -2.04. The highest BCUT2D eigenvalue weighted by Crippen LogP contribution is 2.03. The SMILES string of the molecule is Fc1cnc(NCCCc2ccccc2)nc1. The minimum atomic E-state index is -0.417. The fraction of sp³-hybridized carbons (Fsp3) is 0.231. The van der Waals surface area contributed by atoms with Crippen LogP contribution in [0.15, 0.2) is 42.7 Å². The largest absolute Gasteiger partial charge is 0.354 e. The number of halogens is 1. The lowest BCUT2D eigenvalue weighted by molar-refractivity contribution is 0.614. The van der Waals surface area contributed by atoms with Crippen molar-refractivity contribution in [3.63, 3.8) is 0 Å². The van der Waals surface area contributed by atoms with Crippen molar-refractivity contribution in [2.45, 2.75) is 12.8 Å². The average Bonchev–Trinajstić information content (AvgIpc) is 2.38. The summed E-state index contributed by atoms with van der Waals surface area (Å²) in [5.74, 6) is 0.0549. The molecule has 1 N–H and O–H groups in total. The van der Waals surface area contributed by atoms with Crippen molar-refractivity contribution in [3.8, 4) is 0 Å². The predicted molar refractivity (Wildman–Crippen MR) is 65.2 cm³/mol. The van der Waals surface area contributed by atoms with Crippen molar-refractivity contribution in [2.75, 3.05) is 11.9 Å². The molecule has 1 aromatic heterocycles. The van der Waals surface area contributed by atoms with Crippen LogP contribution < -0.4 is 5.32 Å². The molecular weight excluding hydrogens is 217 g/mol. The van der Waals surface area contributed by atoms with Crippen LogP contribution in [0.4, 0.5) is 10.3 Å². The van der Waals surface area contributed by atoms with Crippen LogP contribution in [0.25, 0.3) is 0 Å². The van der Waals surface area contributed by atoms with Crippen molar-refractivity contribution in [2.24, 2.45) is 0 Å². The van der Waals surface area contributed by atoms with Crippen LogP contribution >= 0.6 is 0 Å². The van der Waals surface area contributed by atoms with E-state index in [4.69, 9.17) is 0 Å². The lowest BCUT2D eigenvalue weighted by atomic mass is 10.1. The van der Waals surface area contributed by atoms with Crippen molar-refractivity contribution >= 4 is 5.95 Å². The van der Waals surface area contributed by atoms with E-state index in [1.165, 1.54) is 5.56 Å². The summed E-state index contributed by atoms with van der Waals surface area (Å²) >= 11 is 0. The summed E-state index contributed by atoms with van der Waals surface area (Å²) in [4.78, 5) is 7.65. The Hall–Kier alpha value is -1.97. The minimum Gasteiger partial charge on any atom is -0.354 e. The smallest absolute Gasteiger partial charge is 0.222 e. The molecule has 0 radical (unpaired) electrons. The van der Waals surface area contributed by atoms with E-state index in [0.29, 0.717) is 5.95 Å². The highest BCUT2D eigenvalue weighted by Gasteiger charge is 1.96. The predicted octanol–water partition coefficient (Wildman–Crippen LogP) is 2.66. The van der Waals surface area contributed by atoms with Gasteiger partial charge in [-0.2, -0.15) is 0 Å². The van der Waals surface area contributed by atoms with E-state index in [1.54, 1.807) is 0 Å². The summed E-state index contributed by atoms with van der Waals surface area (Å²) in [6, 6.07) is 10.3. The summed E-state index contributed by atoms with van der Waals surface area (Å²) in [5.41, 5.74) is 1.31. The molecule has 0 saturated carbocycles. The number of nitrogens with zero attached hydrogens (tertiary/aromatic N) is 2. The first-order valence-corrected chi connectivity index (χ1v) is 5.60. The van der Waals surface area contributed by atoms with Crippen LogP contribution in [0, 0.1) is 5.82 Å². The first-order valence-electron chi connectivity index (χ1n) is 5.60. The van der Waals surface area contributed by atoms with Gasteiger partial charge in [0.25, 0.3) is 0 Å². The van der Waals surface area contributed by atoms with Gasteiger partial charge in [-0.25, -0.2) is 14.4 Å². The second-order valence-electron chi connectivity index (χ2n) is 3.74. The van der Waals surface area contributed by atoms with Crippen LogP contribution in [0.5, 0.6) is 0 Å². The Morgan fingerprint density at radius 3 is 2.47 bits per heavy atom. The molecule has 1 aromatic carbocycles. The average molecular weight is 231 g/mol.